The molecule has 0 aliphatic heterocycles. The van der Waals surface area contributed by atoms with Crippen molar-refractivity contribution in [2.24, 2.45) is 11.8 Å². The van der Waals surface area contributed by atoms with Crippen molar-refractivity contribution < 1.29 is 9.47 Å². The van der Waals surface area contributed by atoms with E-state index in [2.05, 4.69) is 6.58 Å². The Balaban J connectivity index is 1.23. The van der Waals surface area contributed by atoms with Gasteiger partial charge in [-0.05, 0) is 81.6 Å². The molecule has 4 rings (SSSR count). The van der Waals surface area contributed by atoms with Crippen LogP contribution in [0.15, 0.2) is 12.2 Å². The second-order valence-electron chi connectivity index (χ2n) is 7.99. The van der Waals surface area contributed by atoms with Gasteiger partial charge in [0.1, 0.15) is 0 Å². The molecule has 0 heterocycles. The quantitative estimate of drug-likeness (QED) is 0.676. The van der Waals surface area contributed by atoms with Crippen LogP contribution in [0.3, 0.4) is 0 Å². The summed E-state index contributed by atoms with van der Waals surface area (Å²) >= 11 is 0. The van der Waals surface area contributed by atoms with Crippen molar-refractivity contribution in [2.45, 2.75) is 75.4 Å². The Morgan fingerprint density at radius 2 is 1.20 bits per heavy atom. The third kappa shape index (κ3) is 2.35. The molecule has 0 aromatic heterocycles. The fourth-order valence-corrected chi connectivity index (χ4v) is 5.23. The molecule has 4 bridgehead atoms. The Bertz CT molecular complexity index is 348. The molecule has 4 aliphatic carbocycles. The summed E-state index contributed by atoms with van der Waals surface area (Å²) in [5.74, 6) is 1.90. The Labute approximate surface area is 122 Å². The molecule has 4 fully saturated rings. The summed E-state index contributed by atoms with van der Waals surface area (Å²) in [6.45, 7) is 5.61. The zero-order valence-electron chi connectivity index (χ0n) is 12.7. The summed E-state index contributed by atoms with van der Waals surface area (Å²) in [5.41, 5.74) is 1.58. The van der Waals surface area contributed by atoms with Gasteiger partial charge in [0.2, 0.25) is 0 Å². The molecule has 112 valence electrons. The van der Waals surface area contributed by atoms with Gasteiger partial charge in [0.15, 0.2) is 0 Å². The molecule has 0 aromatic carbocycles. The molecular formula is C18H28O2. The van der Waals surface area contributed by atoms with Crippen molar-refractivity contribution in [3.8, 4) is 0 Å². The largest absolute Gasteiger partial charge is 0.371 e. The summed E-state index contributed by atoms with van der Waals surface area (Å²) in [6, 6.07) is 0. The van der Waals surface area contributed by atoms with E-state index in [-0.39, 0.29) is 11.2 Å². The molecule has 2 heteroatoms. The van der Waals surface area contributed by atoms with Crippen LogP contribution >= 0.6 is 0 Å². The maximum atomic E-state index is 6.26. The molecule has 0 atom stereocenters. The fraction of sp³-hybridized carbons (Fsp3) is 0.889. The second-order valence-corrected chi connectivity index (χ2v) is 7.99. The van der Waals surface area contributed by atoms with E-state index < -0.39 is 0 Å². The highest BCUT2D eigenvalue weighted by molar-refractivity contribution is 5.03. The summed E-state index contributed by atoms with van der Waals surface area (Å²) in [4.78, 5) is 0. The first-order valence-electron chi connectivity index (χ1n) is 8.62. The third-order valence-electron chi connectivity index (χ3n) is 6.52. The molecule has 0 unspecified atom stereocenters. The van der Waals surface area contributed by atoms with Crippen LogP contribution in [0, 0.1) is 11.8 Å². The van der Waals surface area contributed by atoms with Crippen molar-refractivity contribution in [3.63, 3.8) is 0 Å². The topological polar surface area (TPSA) is 18.5 Å². The average molecular weight is 276 g/mol. The van der Waals surface area contributed by atoms with Crippen molar-refractivity contribution in [1.29, 1.82) is 0 Å². The van der Waals surface area contributed by atoms with Crippen LogP contribution in [0.1, 0.15) is 64.2 Å². The van der Waals surface area contributed by atoms with Gasteiger partial charge >= 0.3 is 0 Å². The van der Waals surface area contributed by atoms with Crippen LogP contribution in [-0.4, -0.2) is 24.4 Å². The average Bonchev–Trinajstić information content (AvgIpc) is 3.22. The molecule has 0 spiro atoms. The van der Waals surface area contributed by atoms with Crippen LogP contribution in [0.2, 0.25) is 0 Å². The number of hydrogen-bond donors (Lipinski definition) is 0. The van der Waals surface area contributed by atoms with Crippen LogP contribution in [0.5, 0.6) is 0 Å². The normalized spacial score (nSPS) is 45.4. The lowest BCUT2D eigenvalue weighted by Gasteiger charge is -2.30. The summed E-state index contributed by atoms with van der Waals surface area (Å²) in [7, 11) is 0. The smallest absolute Gasteiger partial charge is 0.0703 e. The van der Waals surface area contributed by atoms with Gasteiger partial charge in [0.25, 0.3) is 0 Å². The minimum absolute atomic E-state index is 0.220. The van der Waals surface area contributed by atoms with Gasteiger partial charge in [-0.15, -0.1) is 0 Å². The summed E-state index contributed by atoms with van der Waals surface area (Å²) < 4.78 is 12.5. The van der Waals surface area contributed by atoms with Gasteiger partial charge in [-0.3, -0.25) is 0 Å². The predicted molar refractivity (Wildman–Crippen MR) is 79.7 cm³/mol. The monoisotopic (exact) mass is 276 g/mol. The SMILES string of the molecule is C=C(COC12CCC(CC1)C2)COC12CCC(CC1)C2. The minimum Gasteiger partial charge on any atom is -0.371 e. The first-order valence-corrected chi connectivity index (χ1v) is 8.62. The Kier molecular flexibility index (Phi) is 3.23. The zero-order chi connectivity index (χ0) is 13.6. The highest BCUT2D eigenvalue weighted by Crippen LogP contribution is 2.51. The van der Waals surface area contributed by atoms with E-state index in [1.807, 2.05) is 0 Å². The van der Waals surface area contributed by atoms with Crippen molar-refractivity contribution in [3.05, 3.63) is 12.2 Å². The number of hydrogen-bond acceptors (Lipinski definition) is 2. The minimum atomic E-state index is 0.220. The lowest BCUT2D eigenvalue weighted by atomic mass is 9.97. The highest BCUT2D eigenvalue weighted by atomic mass is 16.5. The van der Waals surface area contributed by atoms with Crippen LogP contribution in [0.4, 0.5) is 0 Å². The summed E-state index contributed by atoms with van der Waals surface area (Å²) in [5, 5.41) is 0. The van der Waals surface area contributed by atoms with Gasteiger partial charge in [-0.1, -0.05) is 6.58 Å². The third-order valence-corrected chi connectivity index (χ3v) is 6.52. The molecule has 4 aliphatic rings. The second kappa shape index (κ2) is 4.84. The van der Waals surface area contributed by atoms with E-state index in [9.17, 15) is 0 Å². The molecule has 20 heavy (non-hydrogen) atoms. The molecular weight excluding hydrogens is 248 g/mol. The molecule has 0 radical (unpaired) electrons. The number of rotatable bonds is 6. The fourth-order valence-electron chi connectivity index (χ4n) is 5.23. The van der Waals surface area contributed by atoms with E-state index in [1.54, 1.807) is 0 Å². The van der Waals surface area contributed by atoms with E-state index in [1.165, 1.54) is 64.2 Å². The Morgan fingerprint density at radius 1 is 0.800 bits per heavy atom. The van der Waals surface area contributed by atoms with E-state index in [0.717, 1.165) is 17.4 Å². The predicted octanol–water partition coefficient (Wildman–Crippen LogP) is 4.24. The standard InChI is InChI=1S/C18H28O2/c1-14(12-19-17-6-2-15(10-17)3-7-17)13-20-18-8-4-16(11-18)5-9-18/h15-16H,1-13H2. The lowest BCUT2D eigenvalue weighted by Crippen LogP contribution is -2.30. The van der Waals surface area contributed by atoms with Crippen molar-refractivity contribution >= 4 is 0 Å². The Morgan fingerprint density at radius 3 is 1.50 bits per heavy atom. The van der Waals surface area contributed by atoms with Crippen molar-refractivity contribution in [2.75, 3.05) is 13.2 Å². The lowest BCUT2D eigenvalue weighted by molar-refractivity contribution is -0.0482. The van der Waals surface area contributed by atoms with Crippen LogP contribution in [0.25, 0.3) is 0 Å². The van der Waals surface area contributed by atoms with Crippen molar-refractivity contribution in [1.82, 2.24) is 0 Å². The van der Waals surface area contributed by atoms with Gasteiger partial charge in [0, 0.05) is 0 Å². The van der Waals surface area contributed by atoms with Gasteiger partial charge in [0.05, 0.1) is 24.4 Å². The molecule has 0 N–H and O–H groups in total. The molecule has 0 aromatic rings. The first kappa shape index (κ1) is 13.3. The van der Waals surface area contributed by atoms with Crippen LogP contribution in [-0.2, 0) is 9.47 Å². The Hall–Kier alpha value is -0.340. The first-order chi connectivity index (χ1) is 9.67. The zero-order valence-corrected chi connectivity index (χ0v) is 12.7. The van der Waals surface area contributed by atoms with Gasteiger partial charge < -0.3 is 9.47 Å². The molecule has 4 saturated carbocycles. The highest BCUT2D eigenvalue weighted by Gasteiger charge is 2.47. The number of ether oxygens (including phenoxy) is 2. The number of fused-ring (bicyclic) bond motifs is 4. The van der Waals surface area contributed by atoms with E-state index in [0.29, 0.717) is 13.2 Å². The summed E-state index contributed by atoms with van der Waals surface area (Å²) in [6.07, 6.45) is 13.2. The maximum absolute atomic E-state index is 6.26. The molecule has 0 amide bonds. The molecule has 0 saturated heterocycles. The van der Waals surface area contributed by atoms with E-state index in [4.69, 9.17) is 9.47 Å². The van der Waals surface area contributed by atoms with Gasteiger partial charge in [-0.2, -0.15) is 0 Å². The molecule has 2 nitrogen and oxygen atoms in total. The van der Waals surface area contributed by atoms with Crippen LogP contribution < -0.4 is 0 Å². The van der Waals surface area contributed by atoms with Gasteiger partial charge in [-0.25, -0.2) is 0 Å². The maximum Gasteiger partial charge on any atom is 0.0703 e. The van der Waals surface area contributed by atoms with E-state index >= 15 is 0 Å².